The second-order valence-electron chi connectivity index (χ2n) is 13.0. The molecule has 0 aliphatic carbocycles. The fourth-order valence-electron chi connectivity index (χ4n) is 6.54. The van der Waals surface area contributed by atoms with Crippen molar-refractivity contribution in [1.29, 1.82) is 0 Å². The molecule has 0 bridgehead atoms. The van der Waals surface area contributed by atoms with Gasteiger partial charge in [0.05, 0.1) is 0 Å². The van der Waals surface area contributed by atoms with Crippen molar-refractivity contribution in [2.45, 2.75) is 0 Å². The zero-order chi connectivity index (χ0) is 40.7. The van der Waals surface area contributed by atoms with Crippen LogP contribution < -0.4 is 60.1 Å². The van der Waals surface area contributed by atoms with Gasteiger partial charge >= 0.3 is 19.5 Å². The Morgan fingerprint density at radius 3 is 0.361 bits per heavy atom. The number of benzene rings is 9. The average Bonchev–Trinajstić information content (AvgIpc) is 3.34. The van der Waals surface area contributed by atoms with Gasteiger partial charge in [-0.3, -0.25) is 6.79 Å². The van der Waals surface area contributed by atoms with Gasteiger partial charge in [0, 0.05) is 0 Å². The molecule has 61 heavy (non-hydrogen) atoms. The predicted molar refractivity (Wildman–Crippen MR) is 262 cm³/mol. The van der Waals surface area contributed by atoms with Crippen LogP contribution >= 0.6 is 23.8 Å². The Morgan fingerprint density at radius 1 is 0.197 bits per heavy atom. The third-order valence-electron chi connectivity index (χ3n) is 9.13. The summed E-state index contributed by atoms with van der Waals surface area (Å²) < 4.78 is 0. The molecule has 0 aliphatic rings. The molecular formula is C55H46ClOP3Rh. The molecule has 9 aromatic carbocycles. The van der Waals surface area contributed by atoms with Crippen LogP contribution in [0.2, 0.25) is 0 Å². The monoisotopic (exact) mass is 953 g/mol. The van der Waals surface area contributed by atoms with Crippen molar-refractivity contribution < 1.29 is 36.7 Å². The van der Waals surface area contributed by atoms with Crippen LogP contribution in [-0.2, 0) is 24.3 Å². The van der Waals surface area contributed by atoms with Gasteiger partial charge in [-0.15, -0.1) is 0 Å². The summed E-state index contributed by atoms with van der Waals surface area (Å²) in [5.74, 6) is 0. The maximum absolute atomic E-state index is 7.75. The van der Waals surface area contributed by atoms with Crippen LogP contribution in [0.4, 0.5) is 0 Å². The second-order valence-corrected chi connectivity index (χ2v) is 19.7. The van der Waals surface area contributed by atoms with Crippen molar-refractivity contribution in [3.8, 4) is 0 Å². The first-order valence-corrected chi connectivity index (χ1v) is 23.5. The van der Waals surface area contributed by atoms with Crippen molar-refractivity contribution in [3.05, 3.63) is 273 Å². The molecular weight excluding hydrogens is 908 g/mol. The minimum atomic E-state index is -0.446. The van der Waals surface area contributed by atoms with Crippen LogP contribution in [0.5, 0.6) is 0 Å². The molecule has 9 rings (SSSR count). The average molecular weight is 954 g/mol. The topological polar surface area (TPSA) is 17.1 Å². The fourth-order valence-corrected chi connectivity index (χ4v) is 13.5. The van der Waals surface area contributed by atoms with E-state index in [1.165, 1.54) is 47.7 Å². The van der Waals surface area contributed by atoms with Crippen LogP contribution in [0.25, 0.3) is 0 Å². The van der Waals surface area contributed by atoms with E-state index in [0.717, 1.165) is 0 Å². The number of rotatable bonds is 9. The summed E-state index contributed by atoms with van der Waals surface area (Å²) in [5.41, 5.74) is 0. The first kappa shape index (κ1) is 48.5. The Bertz CT molecular complexity index is 1890. The molecule has 0 aliphatic heterocycles. The quantitative estimate of drug-likeness (QED) is 0.0657. The fraction of sp³-hybridized carbons (Fsp3) is 0. The van der Waals surface area contributed by atoms with E-state index >= 15 is 0 Å². The molecule has 0 saturated carbocycles. The molecule has 0 spiro atoms. The van der Waals surface area contributed by atoms with E-state index in [2.05, 4.69) is 280 Å². The van der Waals surface area contributed by atoms with E-state index in [9.17, 15) is 0 Å². The van der Waals surface area contributed by atoms with Gasteiger partial charge in [0.25, 0.3) is 0 Å². The number of hydrogen-bond donors (Lipinski definition) is 0. The van der Waals surface area contributed by atoms with Crippen LogP contribution in [0.15, 0.2) is 273 Å². The van der Waals surface area contributed by atoms with Crippen molar-refractivity contribution >= 4 is 78.3 Å². The smallest absolute Gasteiger partial charge is 1.00 e. The van der Waals surface area contributed by atoms with Gasteiger partial charge in [0.15, 0.2) is 0 Å². The largest absolute Gasteiger partial charge is 2.00 e. The van der Waals surface area contributed by atoms with Crippen LogP contribution in [0.3, 0.4) is 0 Å². The van der Waals surface area contributed by atoms with Crippen LogP contribution in [-0.4, -0.2) is 6.79 Å². The molecule has 6 heteroatoms. The molecule has 0 N–H and O–H groups in total. The maximum Gasteiger partial charge on any atom is 2.00 e. The molecule has 0 heterocycles. The zero-order valence-corrected chi connectivity index (χ0v) is 38.6. The Balaban J connectivity index is 0.000000194. The molecule has 9 aromatic rings. The minimum absolute atomic E-state index is 0. The normalized spacial score (nSPS) is 9.95. The maximum atomic E-state index is 7.75. The minimum Gasteiger partial charge on any atom is -1.00 e. The van der Waals surface area contributed by atoms with Crippen LogP contribution in [0.1, 0.15) is 0 Å². The van der Waals surface area contributed by atoms with Gasteiger partial charge in [-0.25, -0.2) is 0 Å². The van der Waals surface area contributed by atoms with E-state index in [0.29, 0.717) is 0 Å². The van der Waals surface area contributed by atoms with E-state index < -0.39 is 23.8 Å². The molecule has 0 saturated heterocycles. The number of carbonyl (C=O) groups excluding carboxylic acids is 1. The third-order valence-corrected chi connectivity index (χ3v) is 16.5. The van der Waals surface area contributed by atoms with Gasteiger partial charge in [-0.2, -0.15) is 0 Å². The molecule has 1 nitrogen and oxygen atoms in total. The standard InChI is InChI=1S/3C18H15P.CHO.ClH.Rh/c3*1-4-10-16(11-5-1)19(17-12-6-2-7-13-17)18-14-8-3-9-15-18;1-2;;/h3*1-15H;1H;1H;/q;;;-1;;+2/p-1. The Kier molecular flexibility index (Phi) is 22.0. The van der Waals surface area contributed by atoms with Crippen LogP contribution in [0, 0.1) is 0 Å². The van der Waals surface area contributed by atoms with Crippen molar-refractivity contribution in [1.82, 2.24) is 0 Å². The summed E-state index contributed by atoms with van der Waals surface area (Å²) in [7, 11) is -1.34. The van der Waals surface area contributed by atoms with Gasteiger partial charge in [-0.1, -0.05) is 273 Å². The SMILES string of the molecule is [CH-]=O.[Cl-].[Rh+2].c1ccc(P(c2ccccc2)c2ccccc2)cc1.c1ccc(P(c2ccccc2)c2ccccc2)cc1.c1ccc(P(c2ccccc2)c2ccccc2)cc1. The van der Waals surface area contributed by atoms with E-state index in [1.54, 1.807) is 0 Å². The van der Waals surface area contributed by atoms with Gasteiger partial charge < -0.3 is 17.2 Å². The number of hydrogen-bond acceptors (Lipinski definition) is 1. The summed E-state index contributed by atoms with van der Waals surface area (Å²) in [6.07, 6.45) is 0. The van der Waals surface area contributed by atoms with E-state index in [1.807, 2.05) is 0 Å². The summed E-state index contributed by atoms with van der Waals surface area (Å²) >= 11 is 0. The second kappa shape index (κ2) is 27.6. The molecule has 0 aromatic heterocycles. The molecule has 1 radical (unpaired) electrons. The Hall–Kier alpha value is -5.15. The summed E-state index contributed by atoms with van der Waals surface area (Å²) in [6.45, 7) is 3.25. The molecule has 303 valence electrons. The number of halogens is 1. The van der Waals surface area contributed by atoms with E-state index in [-0.39, 0.29) is 31.9 Å². The Labute approximate surface area is 385 Å². The van der Waals surface area contributed by atoms with Crippen molar-refractivity contribution in [3.63, 3.8) is 0 Å². The van der Waals surface area contributed by atoms with Crippen molar-refractivity contribution in [2.24, 2.45) is 0 Å². The zero-order valence-electron chi connectivity index (χ0n) is 33.5. The van der Waals surface area contributed by atoms with Gasteiger partial charge in [0.1, 0.15) is 0 Å². The summed E-state index contributed by atoms with van der Waals surface area (Å²) in [6, 6.07) is 97.0. The Morgan fingerprint density at radius 2 is 0.279 bits per heavy atom. The summed E-state index contributed by atoms with van der Waals surface area (Å²) in [5, 5.41) is 12.6. The van der Waals surface area contributed by atoms with Gasteiger partial charge in [0.2, 0.25) is 0 Å². The molecule has 0 unspecified atom stereocenters. The first-order chi connectivity index (χ1) is 29.3. The molecule has 0 amide bonds. The molecule has 0 atom stereocenters. The van der Waals surface area contributed by atoms with E-state index in [4.69, 9.17) is 4.79 Å². The summed E-state index contributed by atoms with van der Waals surface area (Å²) in [4.78, 5) is 7.75. The molecule has 0 fully saturated rings. The van der Waals surface area contributed by atoms with Gasteiger partial charge in [-0.05, 0) is 71.5 Å². The van der Waals surface area contributed by atoms with Crippen molar-refractivity contribution in [2.75, 3.05) is 0 Å². The first-order valence-electron chi connectivity index (χ1n) is 19.4. The third kappa shape index (κ3) is 14.5. The predicted octanol–water partition coefficient (Wildman–Crippen LogP) is 7.06.